The second-order valence-corrected chi connectivity index (χ2v) is 6.46. The Labute approximate surface area is 126 Å². The molecule has 3 rings (SSSR count). The van der Waals surface area contributed by atoms with Crippen LogP contribution in [0, 0.1) is 0 Å². The Balaban J connectivity index is 2.19. The molecule has 0 fully saturated rings. The molecule has 8 heteroatoms. The Morgan fingerprint density at radius 3 is 2.55 bits per heavy atom. The van der Waals surface area contributed by atoms with Gasteiger partial charge in [0.15, 0.2) is 0 Å². The Morgan fingerprint density at radius 2 is 1.95 bits per heavy atom. The van der Waals surface area contributed by atoms with Gasteiger partial charge in [0.1, 0.15) is 5.75 Å². The van der Waals surface area contributed by atoms with Crippen molar-refractivity contribution in [2.75, 3.05) is 5.01 Å². The maximum Gasteiger partial charge on any atom is 0.294 e. The molecule has 0 aliphatic carbocycles. The smallest absolute Gasteiger partial charge is 0.294 e. The molecule has 0 saturated carbocycles. The molecule has 0 unspecified atom stereocenters. The molecule has 0 bridgehead atoms. The number of fused-ring (bicyclic) bond motifs is 1. The summed E-state index contributed by atoms with van der Waals surface area (Å²) in [6, 6.07) is 6.90. The summed E-state index contributed by atoms with van der Waals surface area (Å²) in [5.41, 5.74) is 1.14. The van der Waals surface area contributed by atoms with Gasteiger partial charge in [-0.2, -0.15) is 13.5 Å². The SMILES string of the molecule is CC1=NN(c2ccc3c(O)cc(S(=O)(=O)O)cc3c2)C(=O)C1. The monoisotopic (exact) mass is 320 g/mol. The number of carbonyl (C=O) groups is 1. The first-order valence-corrected chi connectivity index (χ1v) is 7.81. The number of hydrogen-bond donors (Lipinski definition) is 2. The largest absolute Gasteiger partial charge is 0.507 e. The molecule has 0 radical (unpaired) electrons. The van der Waals surface area contributed by atoms with Gasteiger partial charge in [-0.3, -0.25) is 9.35 Å². The van der Waals surface area contributed by atoms with Crippen LogP contribution < -0.4 is 5.01 Å². The van der Waals surface area contributed by atoms with E-state index >= 15 is 0 Å². The van der Waals surface area contributed by atoms with E-state index in [0.29, 0.717) is 22.2 Å². The highest BCUT2D eigenvalue weighted by atomic mass is 32.2. The number of hydrazone groups is 1. The fraction of sp³-hybridized carbons (Fsp3) is 0.143. The molecular formula is C14H12N2O5S. The van der Waals surface area contributed by atoms with Crippen molar-refractivity contribution in [1.82, 2.24) is 0 Å². The van der Waals surface area contributed by atoms with Crippen LogP contribution in [0.15, 0.2) is 40.3 Å². The molecule has 114 valence electrons. The first kappa shape index (κ1) is 14.5. The van der Waals surface area contributed by atoms with Crippen LogP contribution in [0.4, 0.5) is 5.69 Å². The first-order chi connectivity index (χ1) is 10.3. The van der Waals surface area contributed by atoms with E-state index in [1.807, 2.05) is 0 Å². The molecule has 1 aliphatic rings. The minimum Gasteiger partial charge on any atom is -0.507 e. The van der Waals surface area contributed by atoms with Crippen molar-refractivity contribution in [2.24, 2.45) is 5.10 Å². The Morgan fingerprint density at radius 1 is 1.23 bits per heavy atom. The summed E-state index contributed by atoms with van der Waals surface area (Å²) in [7, 11) is -4.44. The quantitative estimate of drug-likeness (QED) is 0.822. The number of aromatic hydroxyl groups is 1. The second-order valence-electron chi connectivity index (χ2n) is 5.04. The molecule has 1 heterocycles. The lowest BCUT2D eigenvalue weighted by molar-refractivity contribution is -0.116. The summed E-state index contributed by atoms with van der Waals surface area (Å²) < 4.78 is 31.6. The second kappa shape index (κ2) is 4.79. The van der Waals surface area contributed by atoms with Crippen molar-refractivity contribution in [2.45, 2.75) is 18.2 Å². The van der Waals surface area contributed by atoms with Crippen molar-refractivity contribution in [3.8, 4) is 5.75 Å². The molecule has 0 atom stereocenters. The van der Waals surface area contributed by atoms with Gasteiger partial charge < -0.3 is 5.11 Å². The standard InChI is InChI=1S/C14H12N2O5S/c1-8-4-14(18)16(15-8)10-2-3-12-9(5-10)6-11(7-13(12)17)22(19,20)21/h2-3,5-7,17H,4H2,1H3,(H,19,20,21). The molecule has 0 saturated heterocycles. The number of nitrogens with zero attached hydrogens (tertiary/aromatic N) is 2. The third-order valence-corrected chi connectivity index (χ3v) is 4.18. The summed E-state index contributed by atoms with van der Waals surface area (Å²) in [5, 5.41) is 16.0. The van der Waals surface area contributed by atoms with E-state index in [-0.39, 0.29) is 18.1 Å². The van der Waals surface area contributed by atoms with Crippen LogP contribution in [0.25, 0.3) is 10.8 Å². The van der Waals surface area contributed by atoms with Gasteiger partial charge in [0.25, 0.3) is 16.0 Å². The maximum absolute atomic E-state index is 11.8. The van der Waals surface area contributed by atoms with Crippen molar-refractivity contribution in [3.05, 3.63) is 30.3 Å². The van der Waals surface area contributed by atoms with Crippen molar-refractivity contribution < 1.29 is 22.9 Å². The fourth-order valence-corrected chi connectivity index (χ4v) is 2.88. The van der Waals surface area contributed by atoms with E-state index in [4.69, 9.17) is 4.55 Å². The number of hydrogen-bond acceptors (Lipinski definition) is 5. The summed E-state index contributed by atoms with van der Waals surface area (Å²) in [5.74, 6) is -0.462. The minimum absolute atomic E-state index is 0.188. The van der Waals surface area contributed by atoms with Gasteiger partial charge in [0.2, 0.25) is 0 Å². The Bertz CT molecular complexity index is 934. The van der Waals surface area contributed by atoms with Gasteiger partial charge in [-0.25, -0.2) is 5.01 Å². The lowest BCUT2D eigenvalue weighted by Gasteiger charge is -2.13. The van der Waals surface area contributed by atoms with Gasteiger partial charge >= 0.3 is 0 Å². The molecule has 1 amide bonds. The molecule has 0 spiro atoms. The molecule has 1 aliphatic heterocycles. The van der Waals surface area contributed by atoms with Gasteiger partial charge in [-0.1, -0.05) is 0 Å². The summed E-state index contributed by atoms with van der Waals surface area (Å²) in [6.45, 7) is 1.74. The van der Waals surface area contributed by atoms with Gasteiger partial charge in [-0.05, 0) is 36.6 Å². The molecule has 2 aromatic rings. The number of benzene rings is 2. The van der Waals surface area contributed by atoms with Crippen LogP contribution in [-0.4, -0.2) is 29.7 Å². The van der Waals surface area contributed by atoms with E-state index in [1.165, 1.54) is 17.1 Å². The van der Waals surface area contributed by atoms with Crippen LogP contribution in [0.5, 0.6) is 5.75 Å². The number of anilines is 1. The van der Waals surface area contributed by atoms with Crippen LogP contribution in [0.2, 0.25) is 0 Å². The zero-order valence-electron chi connectivity index (χ0n) is 11.5. The summed E-state index contributed by atoms with van der Waals surface area (Å²) in [6.07, 6.45) is 0.231. The number of amides is 1. The zero-order chi connectivity index (χ0) is 16.1. The highest BCUT2D eigenvalue weighted by Crippen LogP contribution is 2.32. The highest BCUT2D eigenvalue weighted by molar-refractivity contribution is 7.85. The number of phenols is 1. The highest BCUT2D eigenvalue weighted by Gasteiger charge is 2.23. The molecule has 0 aromatic heterocycles. The molecule has 2 aromatic carbocycles. The molecular weight excluding hydrogens is 308 g/mol. The molecule has 2 N–H and O–H groups in total. The van der Waals surface area contributed by atoms with Gasteiger partial charge in [-0.15, -0.1) is 0 Å². The van der Waals surface area contributed by atoms with E-state index < -0.39 is 15.0 Å². The van der Waals surface area contributed by atoms with Crippen LogP contribution in [-0.2, 0) is 14.9 Å². The maximum atomic E-state index is 11.8. The average molecular weight is 320 g/mol. The van der Waals surface area contributed by atoms with Gasteiger partial charge in [0.05, 0.1) is 17.0 Å². The lowest BCUT2D eigenvalue weighted by atomic mass is 10.1. The Hall–Kier alpha value is -2.45. The lowest BCUT2D eigenvalue weighted by Crippen LogP contribution is -2.19. The predicted octanol–water partition coefficient (Wildman–Crippen LogP) is 1.90. The van der Waals surface area contributed by atoms with Crippen molar-refractivity contribution in [3.63, 3.8) is 0 Å². The van der Waals surface area contributed by atoms with Crippen LogP contribution in [0.1, 0.15) is 13.3 Å². The first-order valence-electron chi connectivity index (χ1n) is 6.37. The third kappa shape index (κ3) is 2.42. The van der Waals surface area contributed by atoms with E-state index in [1.54, 1.807) is 19.1 Å². The number of carbonyl (C=O) groups excluding carboxylic acids is 1. The summed E-state index contributed by atoms with van der Waals surface area (Å²) >= 11 is 0. The summed E-state index contributed by atoms with van der Waals surface area (Å²) in [4.78, 5) is 11.4. The normalized spacial score (nSPS) is 15.5. The average Bonchev–Trinajstić information content (AvgIpc) is 2.76. The van der Waals surface area contributed by atoms with Gasteiger partial charge in [0, 0.05) is 17.2 Å². The predicted molar refractivity (Wildman–Crippen MR) is 80.6 cm³/mol. The third-order valence-electron chi connectivity index (χ3n) is 3.34. The van der Waals surface area contributed by atoms with Crippen LogP contribution >= 0.6 is 0 Å². The molecule has 7 nitrogen and oxygen atoms in total. The topological polar surface area (TPSA) is 107 Å². The number of rotatable bonds is 2. The minimum atomic E-state index is -4.44. The zero-order valence-corrected chi connectivity index (χ0v) is 12.3. The van der Waals surface area contributed by atoms with E-state index in [0.717, 1.165) is 6.07 Å². The number of phenolic OH excluding ortho intramolecular Hbond substituents is 1. The fourth-order valence-electron chi connectivity index (χ4n) is 2.35. The Kier molecular flexibility index (Phi) is 3.15. The van der Waals surface area contributed by atoms with Crippen molar-refractivity contribution in [1.29, 1.82) is 0 Å². The van der Waals surface area contributed by atoms with E-state index in [9.17, 15) is 18.3 Å². The molecule has 22 heavy (non-hydrogen) atoms. The van der Waals surface area contributed by atoms with Crippen LogP contribution in [0.3, 0.4) is 0 Å². The van der Waals surface area contributed by atoms with Crippen molar-refractivity contribution >= 4 is 38.2 Å². The van der Waals surface area contributed by atoms with E-state index in [2.05, 4.69) is 5.10 Å².